The van der Waals surface area contributed by atoms with Crippen LogP contribution in [0.1, 0.15) is 24.8 Å². The van der Waals surface area contributed by atoms with E-state index in [1.165, 1.54) is 55.8 Å². The Balaban J connectivity index is 1.41. The number of hydrogen-bond acceptors (Lipinski definition) is 4. The molecule has 0 unspecified atom stereocenters. The largest absolute Gasteiger partial charge is 0.368 e. The number of aromatic nitrogens is 1. The maximum atomic E-state index is 4.26. The average Bonchev–Trinajstić information content (AvgIpc) is 3.18. The van der Waals surface area contributed by atoms with Crippen LogP contribution >= 0.6 is 0 Å². The van der Waals surface area contributed by atoms with Gasteiger partial charge in [-0.3, -0.25) is 4.98 Å². The van der Waals surface area contributed by atoms with E-state index in [-0.39, 0.29) is 0 Å². The monoisotopic (exact) mass is 336 g/mol. The van der Waals surface area contributed by atoms with Crippen LogP contribution in [0, 0.1) is 0 Å². The Kier molecular flexibility index (Phi) is 5.17. The zero-order valence-electron chi connectivity index (χ0n) is 15.0. The molecule has 4 rings (SSSR count). The van der Waals surface area contributed by atoms with E-state index in [0.29, 0.717) is 0 Å². The van der Waals surface area contributed by atoms with Crippen LogP contribution in [0.25, 0.3) is 0 Å². The lowest BCUT2D eigenvalue weighted by Crippen LogP contribution is -2.41. The lowest BCUT2D eigenvalue weighted by Gasteiger charge is -2.39. The number of fused-ring (bicyclic) bond motifs is 1. The minimum Gasteiger partial charge on any atom is -0.368 e. The van der Waals surface area contributed by atoms with Gasteiger partial charge in [-0.2, -0.15) is 0 Å². The summed E-state index contributed by atoms with van der Waals surface area (Å²) < 4.78 is 0. The van der Waals surface area contributed by atoms with Crippen molar-refractivity contribution in [3.05, 3.63) is 54.4 Å². The highest BCUT2D eigenvalue weighted by atomic mass is 15.3. The minimum absolute atomic E-state index is 0.937. The van der Waals surface area contributed by atoms with Gasteiger partial charge in [0.15, 0.2) is 0 Å². The zero-order valence-corrected chi connectivity index (χ0v) is 15.0. The van der Waals surface area contributed by atoms with Gasteiger partial charge in [0, 0.05) is 38.6 Å². The summed E-state index contributed by atoms with van der Waals surface area (Å²) >= 11 is 0. The van der Waals surface area contributed by atoms with E-state index in [2.05, 4.69) is 50.0 Å². The number of benzene rings is 1. The number of nitrogens with zero attached hydrogens (tertiary/aromatic N) is 4. The van der Waals surface area contributed by atoms with E-state index in [0.717, 1.165) is 26.2 Å². The molecule has 0 bridgehead atoms. The summed E-state index contributed by atoms with van der Waals surface area (Å²) in [5.41, 5.74) is 4.03. The average molecular weight is 336 g/mol. The number of para-hydroxylation sites is 2. The molecule has 0 saturated carbocycles. The third-order valence-corrected chi connectivity index (χ3v) is 5.40. The van der Waals surface area contributed by atoms with E-state index < -0.39 is 0 Å². The highest BCUT2D eigenvalue weighted by Crippen LogP contribution is 2.33. The first-order chi connectivity index (χ1) is 12.4. The number of likely N-dealkylation sites (tertiary alicyclic amines) is 1. The van der Waals surface area contributed by atoms with Crippen molar-refractivity contribution in [2.45, 2.75) is 25.8 Å². The SMILES string of the molecule is c1cncc(CN2CCN(CCCN3CCCC3)c3ccccc32)c1. The van der Waals surface area contributed by atoms with Crippen molar-refractivity contribution in [3.63, 3.8) is 0 Å². The van der Waals surface area contributed by atoms with Crippen LogP contribution in [-0.4, -0.2) is 49.2 Å². The van der Waals surface area contributed by atoms with Gasteiger partial charge in [0.1, 0.15) is 0 Å². The molecule has 4 heteroatoms. The molecule has 0 N–H and O–H groups in total. The second kappa shape index (κ2) is 7.87. The molecule has 2 aliphatic rings. The van der Waals surface area contributed by atoms with Gasteiger partial charge in [-0.1, -0.05) is 18.2 Å². The zero-order chi connectivity index (χ0) is 16.9. The van der Waals surface area contributed by atoms with Crippen molar-refractivity contribution in [2.75, 3.05) is 49.1 Å². The lowest BCUT2D eigenvalue weighted by molar-refractivity contribution is 0.334. The van der Waals surface area contributed by atoms with E-state index in [1.54, 1.807) is 0 Å². The first-order valence-corrected chi connectivity index (χ1v) is 9.60. The molecule has 0 atom stereocenters. The Morgan fingerprint density at radius 2 is 1.56 bits per heavy atom. The number of rotatable bonds is 6. The topological polar surface area (TPSA) is 22.6 Å². The maximum Gasteiger partial charge on any atom is 0.0607 e. The van der Waals surface area contributed by atoms with Crippen LogP contribution in [-0.2, 0) is 6.54 Å². The van der Waals surface area contributed by atoms with Crippen LogP contribution in [0.15, 0.2) is 48.8 Å². The normalized spacial score (nSPS) is 17.8. The van der Waals surface area contributed by atoms with Gasteiger partial charge < -0.3 is 14.7 Å². The van der Waals surface area contributed by atoms with Crippen molar-refractivity contribution < 1.29 is 0 Å². The predicted octanol–water partition coefficient (Wildman–Crippen LogP) is 3.39. The standard InChI is InChI=1S/C21H28N4/c1-2-9-21-20(8-1)24(14-6-13-23-11-3-4-12-23)15-16-25(21)18-19-7-5-10-22-17-19/h1-2,5,7-10,17H,3-4,6,11-16,18H2. The molecule has 1 fully saturated rings. The third-order valence-electron chi connectivity index (χ3n) is 5.40. The summed E-state index contributed by atoms with van der Waals surface area (Å²) in [5, 5.41) is 0. The van der Waals surface area contributed by atoms with Gasteiger partial charge in [0.25, 0.3) is 0 Å². The molecular formula is C21H28N4. The molecule has 4 nitrogen and oxygen atoms in total. The van der Waals surface area contributed by atoms with Crippen molar-refractivity contribution in [2.24, 2.45) is 0 Å². The fraction of sp³-hybridized carbons (Fsp3) is 0.476. The van der Waals surface area contributed by atoms with Gasteiger partial charge in [-0.05, 0) is 62.7 Å². The summed E-state index contributed by atoms with van der Waals surface area (Å²) in [7, 11) is 0. The minimum atomic E-state index is 0.937. The van der Waals surface area contributed by atoms with Gasteiger partial charge >= 0.3 is 0 Å². The predicted molar refractivity (Wildman–Crippen MR) is 104 cm³/mol. The van der Waals surface area contributed by atoms with Gasteiger partial charge in [-0.15, -0.1) is 0 Å². The van der Waals surface area contributed by atoms with Crippen molar-refractivity contribution in [3.8, 4) is 0 Å². The summed E-state index contributed by atoms with van der Waals surface area (Å²) in [6, 6.07) is 13.1. The molecule has 2 aliphatic heterocycles. The van der Waals surface area contributed by atoms with Crippen molar-refractivity contribution >= 4 is 11.4 Å². The summed E-state index contributed by atoms with van der Waals surface area (Å²) in [5.74, 6) is 0. The van der Waals surface area contributed by atoms with Crippen LogP contribution in [0.4, 0.5) is 11.4 Å². The van der Waals surface area contributed by atoms with E-state index in [9.17, 15) is 0 Å². The molecule has 0 spiro atoms. The van der Waals surface area contributed by atoms with Crippen LogP contribution in [0.3, 0.4) is 0 Å². The molecule has 1 aromatic carbocycles. The molecule has 0 amide bonds. The molecule has 0 aliphatic carbocycles. The molecule has 1 aromatic heterocycles. The molecular weight excluding hydrogens is 308 g/mol. The quantitative estimate of drug-likeness (QED) is 0.806. The van der Waals surface area contributed by atoms with E-state index >= 15 is 0 Å². The van der Waals surface area contributed by atoms with Crippen LogP contribution in [0.2, 0.25) is 0 Å². The third kappa shape index (κ3) is 3.96. The van der Waals surface area contributed by atoms with E-state index in [4.69, 9.17) is 0 Å². The Hall–Kier alpha value is -2.07. The second-order valence-corrected chi connectivity index (χ2v) is 7.16. The Labute approximate surface area is 151 Å². The maximum absolute atomic E-state index is 4.26. The molecule has 3 heterocycles. The first kappa shape index (κ1) is 16.4. The first-order valence-electron chi connectivity index (χ1n) is 9.60. The van der Waals surface area contributed by atoms with Crippen LogP contribution in [0.5, 0.6) is 0 Å². The van der Waals surface area contributed by atoms with Gasteiger partial charge in [-0.25, -0.2) is 0 Å². The lowest BCUT2D eigenvalue weighted by atomic mass is 10.1. The Morgan fingerprint density at radius 1 is 0.800 bits per heavy atom. The summed E-state index contributed by atoms with van der Waals surface area (Å²) in [6.07, 6.45) is 7.85. The van der Waals surface area contributed by atoms with Crippen LogP contribution < -0.4 is 9.80 Å². The highest BCUT2D eigenvalue weighted by molar-refractivity contribution is 5.73. The fourth-order valence-electron chi connectivity index (χ4n) is 4.08. The summed E-state index contributed by atoms with van der Waals surface area (Å²) in [6.45, 7) is 8.14. The molecule has 25 heavy (non-hydrogen) atoms. The van der Waals surface area contributed by atoms with Crippen molar-refractivity contribution in [1.82, 2.24) is 9.88 Å². The van der Waals surface area contributed by atoms with E-state index in [1.807, 2.05) is 18.5 Å². The summed E-state index contributed by atoms with van der Waals surface area (Å²) in [4.78, 5) is 11.9. The Bertz CT molecular complexity index is 667. The molecule has 0 radical (unpaired) electrons. The molecule has 132 valence electrons. The van der Waals surface area contributed by atoms with Gasteiger partial charge in [0.05, 0.1) is 11.4 Å². The number of hydrogen-bond donors (Lipinski definition) is 0. The Morgan fingerprint density at radius 3 is 2.32 bits per heavy atom. The van der Waals surface area contributed by atoms with Crippen molar-refractivity contribution in [1.29, 1.82) is 0 Å². The number of anilines is 2. The molecule has 1 saturated heterocycles. The fourth-order valence-corrected chi connectivity index (χ4v) is 4.08. The number of pyridine rings is 1. The molecule has 2 aromatic rings. The van der Waals surface area contributed by atoms with Gasteiger partial charge in [0.2, 0.25) is 0 Å². The second-order valence-electron chi connectivity index (χ2n) is 7.16. The highest BCUT2D eigenvalue weighted by Gasteiger charge is 2.22. The smallest absolute Gasteiger partial charge is 0.0607 e.